The Labute approximate surface area is 170 Å². The number of aliphatic hydroxyl groups excluding tert-OH is 1. The van der Waals surface area contributed by atoms with E-state index in [2.05, 4.69) is 5.32 Å². The van der Waals surface area contributed by atoms with Crippen molar-refractivity contribution in [3.8, 4) is 0 Å². The number of nitrogens with one attached hydrogen (secondary N) is 1. The average Bonchev–Trinajstić information content (AvgIpc) is 2.67. The van der Waals surface area contributed by atoms with Gasteiger partial charge in [0.2, 0.25) is 10.0 Å². The molecule has 2 N–H and O–H groups in total. The number of rotatable bonds is 10. The van der Waals surface area contributed by atoms with Crippen LogP contribution in [0, 0.1) is 20.2 Å². The summed E-state index contributed by atoms with van der Waals surface area (Å²) in [6.07, 6.45) is 0. The Kier molecular flexibility index (Phi) is 7.45. The molecular formula is C16H17ClN4O7S. The summed E-state index contributed by atoms with van der Waals surface area (Å²) in [5, 5.41) is 34.2. The van der Waals surface area contributed by atoms with E-state index in [-0.39, 0.29) is 30.2 Å². The Morgan fingerprint density at radius 3 is 2.24 bits per heavy atom. The van der Waals surface area contributed by atoms with Crippen molar-refractivity contribution >= 4 is 38.7 Å². The quantitative estimate of drug-likeness (QED) is 0.417. The Hall–Kier alpha value is -2.80. The predicted octanol–water partition coefficient (Wildman–Crippen LogP) is 2.25. The van der Waals surface area contributed by atoms with E-state index >= 15 is 0 Å². The largest absolute Gasteiger partial charge is 0.395 e. The first kappa shape index (κ1) is 22.5. The topological polar surface area (TPSA) is 156 Å². The third-order valence-electron chi connectivity index (χ3n) is 3.87. The number of nitro benzene ring substituents is 2. The first-order chi connectivity index (χ1) is 13.7. The van der Waals surface area contributed by atoms with Crippen LogP contribution in [0.3, 0.4) is 0 Å². The first-order valence-electron chi connectivity index (χ1n) is 8.20. The molecule has 0 amide bonds. The van der Waals surface area contributed by atoms with Gasteiger partial charge in [-0.3, -0.25) is 20.2 Å². The molecule has 0 atom stereocenters. The smallest absolute Gasteiger partial charge is 0.299 e. The van der Waals surface area contributed by atoms with Crippen LogP contribution >= 0.6 is 11.6 Å². The lowest BCUT2D eigenvalue weighted by molar-refractivity contribution is -0.393. The SMILES string of the molecule is O=[N+]([O-])c1ccc(NCCN(CCO)S(=O)(=O)c2ccc(Cl)cc2)c([N+](=O)[O-])c1. The van der Waals surface area contributed by atoms with Crippen molar-refractivity contribution in [2.24, 2.45) is 0 Å². The molecule has 0 spiro atoms. The molecule has 0 radical (unpaired) electrons. The summed E-state index contributed by atoms with van der Waals surface area (Å²) in [6.45, 7) is -0.759. The number of non-ortho nitro benzene ring substituents is 1. The van der Waals surface area contributed by atoms with Crippen LogP contribution in [-0.4, -0.2) is 53.9 Å². The number of sulfonamides is 1. The molecule has 11 nitrogen and oxygen atoms in total. The van der Waals surface area contributed by atoms with Crippen molar-refractivity contribution in [2.75, 3.05) is 31.6 Å². The Bertz CT molecular complexity index is 999. The van der Waals surface area contributed by atoms with E-state index in [0.29, 0.717) is 5.02 Å². The van der Waals surface area contributed by atoms with Crippen LogP contribution in [0.25, 0.3) is 0 Å². The highest BCUT2D eigenvalue weighted by molar-refractivity contribution is 7.89. The maximum atomic E-state index is 12.7. The van der Waals surface area contributed by atoms with Crippen LogP contribution in [0.15, 0.2) is 47.4 Å². The van der Waals surface area contributed by atoms with Gasteiger partial charge in [0.15, 0.2) is 0 Å². The molecule has 0 aromatic heterocycles. The standard InChI is InChI=1S/C16H17ClN4O7S/c17-12-1-4-14(5-2-12)29(27,28)19(9-10-22)8-7-18-15-6-3-13(20(23)24)11-16(15)21(25)26/h1-6,11,18,22H,7-10H2. The molecule has 2 aromatic rings. The zero-order chi connectivity index (χ0) is 21.6. The van der Waals surface area contributed by atoms with E-state index in [4.69, 9.17) is 11.6 Å². The molecule has 0 aliphatic carbocycles. The minimum absolute atomic E-state index is 0.00781. The van der Waals surface area contributed by atoms with Gasteiger partial charge in [0.05, 0.1) is 27.4 Å². The highest BCUT2D eigenvalue weighted by Gasteiger charge is 2.24. The Balaban J connectivity index is 2.16. The van der Waals surface area contributed by atoms with Crippen molar-refractivity contribution in [1.29, 1.82) is 0 Å². The molecule has 0 heterocycles. The lowest BCUT2D eigenvalue weighted by Crippen LogP contribution is -2.37. The van der Waals surface area contributed by atoms with Crippen molar-refractivity contribution in [1.82, 2.24) is 4.31 Å². The molecule has 13 heteroatoms. The molecule has 156 valence electrons. The predicted molar refractivity (Wildman–Crippen MR) is 106 cm³/mol. The molecule has 0 aliphatic rings. The molecular weight excluding hydrogens is 428 g/mol. The van der Waals surface area contributed by atoms with Crippen molar-refractivity contribution < 1.29 is 23.4 Å². The van der Waals surface area contributed by atoms with Gasteiger partial charge in [-0.1, -0.05) is 11.6 Å². The van der Waals surface area contributed by atoms with Crippen LogP contribution in [-0.2, 0) is 10.0 Å². The van der Waals surface area contributed by atoms with E-state index < -0.39 is 37.9 Å². The molecule has 2 rings (SSSR count). The van der Waals surface area contributed by atoms with Gasteiger partial charge in [-0.15, -0.1) is 0 Å². The number of nitro groups is 2. The summed E-state index contributed by atoms with van der Waals surface area (Å²) in [4.78, 5) is 20.4. The summed E-state index contributed by atoms with van der Waals surface area (Å²) in [5.41, 5.74) is -0.934. The summed E-state index contributed by atoms with van der Waals surface area (Å²) in [6, 6.07) is 8.60. The second-order valence-electron chi connectivity index (χ2n) is 5.72. The highest BCUT2D eigenvalue weighted by Crippen LogP contribution is 2.28. The van der Waals surface area contributed by atoms with Crippen molar-refractivity contribution in [3.63, 3.8) is 0 Å². The monoisotopic (exact) mass is 444 g/mol. The number of nitrogens with zero attached hydrogens (tertiary/aromatic N) is 3. The number of benzene rings is 2. The van der Waals surface area contributed by atoms with Gasteiger partial charge >= 0.3 is 0 Å². The van der Waals surface area contributed by atoms with Crippen LogP contribution in [0.1, 0.15) is 0 Å². The lowest BCUT2D eigenvalue weighted by Gasteiger charge is -2.21. The maximum absolute atomic E-state index is 12.7. The first-order valence-corrected chi connectivity index (χ1v) is 10.0. The van der Waals surface area contributed by atoms with Gasteiger partial charge in [-0.2, -0.15) is 4.31 Å². The van der Waals surface area contributed by atoms with Gasteiger partial charge in [-0.05, 0) is 30.3 Å². The molecule has 0 saturated carbocycles. The summed E-state index contributed by atoms with van der Waals surface area (Å²) in [5.74, 6) is 0. The number of halogens is 1. The molecule has 29 heavy (non-hydrogen) atoms. The Morgan fingerprint density at radius 2 is 1.69 bits per heavy atom. The minimum atomic E-state index is -3.93. The average molecular weight is 445 g/mol. The van der Waals surface area contributed by atoms with Crippen LogP contribution in [0.5, 0.6) is 0 Å². The molecule has 0 unspecified atom stereocenters. The number of anilines is 1. The summed E-state index contributed by atoms with van der Waals surface area (Å²) < 4.78 is 26.5. The maximum Gasteiger partial charge on any atom is 0.299 e. The normalized spacial score (nSPS) is 11.4. The zero-order valence-electron chi connectivity index (χ0n) is 14.9. The van der Waals surface area contributed by atoms with Crippen LogP contribution in [0.4, 0.5) is 17.1 Å². The second-order valence-corrected chi connectivity index (χ2v) is 8.10. The van der Waals surface area contributed by atoms with Crippen LogP contribution in [0.2, 0.25) is 5.02 Å². The fourth-order valence-corrected chi connectivity index (χ4v) is 4.03. The molecule has 0 fully saturated rings. The molecule has 0 saturated heterocycles. The van der Waals surface area contributed by atoms with Gasteiger partial charge in [-0.25, -0.2) is 8.42 Å². The van der Waals surface area contributed by atoms with Crippen LogP contribution < -0.4 is 5.32 Å². The van der Waals surface area contributed by atoms with Crippen molar-refractivity contribution in [2.45, 2.75) is 4.90 Å². The fraction of sp³-hybridized carbons (Fsp3) is 0.250. The van der Waals surface area contributed by atoms with Gasteiger partial charge in [0, 0.05) is 30.7 Å². The zero-order valence-corrected chi connectivity index (χ0v) is 16.5. The number of hydrogen-bond donors (Lipinski definition) is 2. The van der Waals surface area contributed by atoms with E-state index in [9.17, 15) is 33.8 Å². The van der Waals surface area contributed by atoms with Gasteiger partial charge < -0.3 is 10.4 Å². The number of hydrogen-bond acceptors (Lipinski definition) is 8. The lowest BCUT2D eigenvalue weighted by atomic mass is 10.2. The van der Waals surface area contributed by atoms with Gasteiger partial charge in [0.1, 0.15) is 5.69 Å². The second kappa shape index (κ2) is 9.60. The van der Waals surface area contributed by atoms with E-state index in [1.54, 1.807) is 0 Å². The van der Waals surface area contributed by atoms with Crippen molar-refractivity contribution in [3.05, 3.63) is 67.7 Å². The van der Waals surface area contributed by atoms with E-state index in [1.165, 1.54) is 30.3 Å². The Morgan fingerprint density at radius 1 is 1.03 bits per heavy atom. The third kappa shape index (κ3) is 5.60. The van der Waals surface area contributed by atoms with Gasteiger partial charge in [0.25, 0.3) is 11.4 Å². The molecule has 0 bridgehead atoms. The highest BCUT2D eigenvalue weighted by atomic mass is 35.5. The van der Waals surface area contributed by atoms with E-state index in [1.807, 2.05) is 0 Å². The summed E-state index contributed by atoms with van der Waals surface area (Å²) in [7, 11) is -3.93. The fourth-order valence-electron chi connectivity index (χ4n) is 2.47. The molecule has 2 aromatic carbocycles. The minimum Gasteiger partial charge on any atom is -0.395 e. The molecule has 0 aliphatic heterocycles. The summed E-state index contributed by atoms with van der Waals surface area (Å²) >= 11 is 5.77. The van der Waals surface area contributed by atoms with E-state index in [0.717, 1.165) is 16.4 Å². The third-order valence-corrected chi connectivity index (χ3v) is 6.03. The number of aliphatic hydroxyl groups is 1.